The Hall–Kier alpha value is -2.89. The van der Waals surface area contributed by atoms with E-state index in [4.69, 9.17) is 10.6 Å². The van der Waals surface area contributed by atoms with Crippen LogP contribution in [-0.2, 0) is 11.2 Å². The molecule has 0 atom stereocenters. The largest absolute Gasteiger partial charge is 0.398 e. The molecule has 0 radical (unpaired) electrons. The number of benzene rings is 2. The van der Waals surface area contributed by atoms with Crippen molar-refractivity contribution in [3.05, 3.63) is 58.4 Å². The number of anilines is 1. The number of nitrogen functional groups attached to an aromatic ring is 1. The third-order valence-electron chi connectivity index (χ3n) is 3.64. The number of nitrogens with one attached hydrogen (secondary N) is 1. The fourth-order valence-electron chi connectivity index (χ4n) is 2.25. The Balaban J connectivity index is 2.42. The summed E-state index contributed by atoms with van der Waals surface area (Å²) >= 11 is 0. The molecule has 0 aliphatic rings. The fourth-order valence-corrected chi connectivity index (χ4v) is 2.25. The zero-order valence-corrected chi connectivity index (χ0v) is 13.6. The molecule has 0 aromatic heterocycles. The monoisotopic (exact) mass is 330 g/mol. The number of rotatable bonds is 6. The molecule has 2 aromatic carbocycles. The number of hydrogen-bond donors (Lipinski definition) is 2. The second kappa shape index (κ2) is 7.59. The van der Waals surface area contributed by atoms with Gasteiger partial charge in [-0.25, -0.2) is 4.39 Å². The first-order chi connectivity index (χ1) is 11.5. The first kappa shape index (κ1) is 17.5. The molecule has 6 heteroatoms. The number of carbonyl (C=O) groups is 2. The molecule has 0 unspecified atom stereocenters. The lowest BCUT2D eigenvalue weighted by Gasteiger charge is -2.15. The minimum atomic E-state index is -0.377. The Bertz CT molecular complexity index is 775. The highest BCUT2D eigenvalue weighted by molar-refractivity contribution is 5.87. The number of aryl methyl sites for hydroxylation is 1. The standard InChI is InChI=1S/C18H19FN2O3/c1-3-18(23)21-24-17-7-6-16(20)14(10-22)13(17)9-12-5-4-11(2)8-15(12)19/h4-8,10H,3,9,20H2,1-2H3,(H,21,23). The van der Waals surface area contributed by atoms with Gasteiger partial charge in [-0.05, 0) is 36.2 Å². The topological polar surface area (TPSA) is 81.4 Å². The normalized spacial score (nSPS) is 10.3. The Morgan fingerprint density at radius 2 is 2.08 bits per heavy atom. The van der Waals surface area contributed by atoms with E-state index < -0.39 is 0 Å². The molecular formula is C18H19FN2O3. The lowest BCUT2D eigenvalue weighted by Crippen LogP contribution is -2.26. The van der Waals surface area contributed by atoms with Gasteiger partial charge in [-0.15, -0.1) is 0 Å². The molecule has 3 N–H and O–H groups in total. The van der Waals surface area contributed by atoms with Gasteiger partial charge in [0.05, 0.1) is 0 Å². The van der Waals surface area contributed by atoms with Gasteiger partial charge in [0.25, 0.3) is 5.91 Å². The van der Waals surface area contributed by atoms with E-state index in [2.05, 4.69) is 5.48 Å². The molecule has 0 saturated heterocycles. The van der Waals surface area contributed by atoms with Crippen LogP contribution in [0, 0.1) is 12.7 Å². The second-order valence-corrected chi connectivity index (χ2v) is 5.42. The van der Waals surface area contributed by atoms with Gasteiger partial charge < -0.3 is 10.6 Å². The van der Waals surface area contributed by atoms with Crippen LogP contribution in [0.15, 0.2) is 30.3 Å². The molecule has 1 amide bonds. The van der Waals surface area contributed by atoms with Crippen molar-refractivity contribution in [2.45, 2.75) is 26.7 Å². The molecule has 0 bridgehead atoms. The molecule has 0 fully saturated rings. The average molecular weight is 330 g/mol. The van der Waals surface area contributed by atoms with Crippen LogP contribution in [0.5, 0.6) is 5.75 Å². The van der Waals surface area contributed by atoms with E-state index in [0.29, 0.717) is 17.4 Å². The maximum Gasteiger partial charge on any atom is 0.252 e. The van der Waals surface area contributed by atoms with Crippen LogP contribution in [0.4, 0.5) is 10.1 Å². The molecular weight excluding hydrogens is 311 g/mol. The maximum absolute atomic E-state index is 14.1. The molecule has 0 saturated carbocycles. The summed E-state index contributed by atoms with van der Waals surface area (Å²) in [7, 11) is 0. The van der Waals surface area contributed by atoms with E-state index in [1.54, 1.807) is 32.0 Å². The van der Waals surface area contributed by atoms with Crippen molar-refractivity contribution < 1.29 is 18.8 Å². The van der Waals surface area contributed by atoms with E-state index in [0.717, 1.165) is 5.56 Å². The van der Waals surface area contributed by atoms with Crippen LogP contribution < -0.4 is 16.1 Å². The smallest absolute Gasteiger partial charge is 0.252 e. The van der Waals surface area contributed by atoms with E-state index in [1.807, 2.05) is 0 Å². The first-order valence-corrected chi connectivity index (χ1v) is 7.53. The second-order valence-electron chi connectivity index (χ2n) is 5.42. The predicted molar refractivity (Wildman–Crippen MR) is 89.2 cm³/mol. The van der Waals surface area contributed by atoms with Crippen molar-refractivity contribution in [3.63, 3.8) is 0 Å². The zero-order chi connectivity index (χ0) is 17.7. The number of hydroxylamine groups is 1. The van der Waals surface area contributed by atoms with Gasteiger partial charge in [0.1, 0.15) is 5.82 Å². The van der Waals surface area contributed by atoms with Crippen LogP contribution in [0.2, 0.25) is 0 Å². The summed E-state index contributed by atoms with van der Waals surface area (Å²) in [5.74, 6) is -0.433. The minimum Gasteiger partial charge on any atom is -0.398 e. The van der Waals surface area contributed by atoms with Crippen LogP contribution in [0.3, 0.4) is 0 Å². The van der Waals surface area contributed by atoms with Crippen LogP contribution >= 0.6 is 0 Å². The molecule has 0 heterocycles. The number of halogens is 1. The Morgan fingerprint density at radius 3 is 2.71 bits per heavy atom. The van der Waals surface area contributed by atoms with E-state index in [-0.39, 0.29) is 41.6 Å². The van der Waals surface area contributed by atoms with Crippen molar-refractivity contribution in [3.8, 4) is 5.75 Å². The highest BCUT2D eigenvalue weighted by Crippen LogP contribution is 2.29. The van der Waals surface area contributed by atoms with Gasteiger partial charge in [-0.3, -0.25) is 9.59 Å². The Kier molecular flexibility index (Phi) is 5.52. The van der Waals surface area contributed by atoms with Gasteiger partial charge in [0.15, 0.2) is 12.0 Å². The van der Waals surface area contributed by atoms with Crippen molar-refractivity contribution in [2.75, 3.05) is 5.73 Å². The van der Waals surface area contributed by atoms with Crippen molar-refractivity contribution in [2.24, 2.45) is 0 Å². The summed E-state index contributed by atoms with van der Waals surface area (Å²) in [5, 5.41) is 0. The van der Waals surface area contributed by atoms with E-state index in [1.165, 1.54) is 12.1 Å². The maximum atomic E-state index is 14.1. The quantitative estimate of drug-likeness (QED) is 0.485. The third-order valence-corrected chi connectivity index (χ3v) is 3.64. The van der Waals surface area contributed by atoms with Gasteiger partial charge in [0.2, 0.25) is 0 Å². The van der Waals surface area contributed by atoms with Crippen molar-refractivity contribution >= 4 is 17.9 Å². The molecule has 126 valence electrons. The summed E-state index contributed by atoms with van der Waals surface area (Å²) < 4.78 is 14.1. The number of amides is 1. The summed E-state index contributed by atoms with van der Waals surface area (Å²) in [6.07, 6.45) is 0.964. The highest BCUT2D eigenvalue weighted by Gasteiger charge is 2.16. The highest BCUT2D eigenvalue weighted by atomic mass is 19.1. The number of aldehydes is 1. The third kappa shape index (κ3) is 3.90. The van der Waals surface area contributed by atoms with Crippen LogP contribution in [-0.4, -0.2) is 12.2 Å². The average Bonchev–Trinajstić information content (AvgIpc) is 2.56. The lowest BCUT2D eigenvalue weighted by atomic mass is 9.97. The number of carbonyl (C=O) groups excluding carboxylic acids is 2. The summed E-state index contributed by atoms with van der Waals surface area (Å²) in [4.78, 5) is 28.1. The first-order valence-electron chi connectivity index (χ1n) is 7.53. The molecule has 0 aliphatic carbocycles. The summed E-state index contributed by atoms with van der Waals surface area (Å²) in [6, 6.07) is 7.90. The van der Waals surface area contributed by atoms with Gasteiger partial charge in [-0.2, -0.15) is 5.48 Å². The van der Waals surface area contributed by atoms with Gasteiger partial charge in [-0.1, -0.05) is 19.1 Å². The van der Waals surface area contributed by atoms with E-state index in [9.17, 15) is 14.0 Å². The molecule has 24 heavy (non-hydrogen) atoms. The SMILES string of the molecule is CCC(=O)NOc1ccc(N)c(C=O)c1Cc1ccc(C)cc1F. The summed E-state index contributed by atoms with van der Waals surface area (Å²) in [5.41, 5.74) is 10.2. The molecule has 5 nitrogen and oxygen atoms in total. The van der Waals surface area contributed by atoms with Gasteiger partial charge >= 0.3 is 0 Å². The van der Waals surface area contributed by atoms with E-state index >= 15 is 0 Å². The van der Waals surface area contributed by atoms with Crippen molar-refractivity contribution in [1.29, 1.82) is 0 Å². The zero-order valence-electron chi connectivity index (χ0n) is 13.6. The predicted octanol–water partition coefficient (Wildman–Crippen LogP) is 2.94. The number of nitrogens with two attached hydrogens (primary N) is 1. The molecule has 2 rings (SSSR count). The lowest BCUT2D eigenvalue weighted by molar-refractivity contribution is -0.127. The molecule has 0 spiro atoms. The molecule has 0 aliphatic heterocycles. The summed E-state index contributed by atoms with van der Waals surface area (Å²) in [6.45, 7) is 3.47. The molecule has 2 aromatic rings. The Morgan fingerprint density at radius 1 is 1.33 bits per heavy atom. The number of hydrogen-bond acceptors (Lipinski definition) is 4. The van der Waals surface area contributed by atoms with Crippen molar-refractivity contribution in [1.82, 2.24) is 5.48 Å². The minimum absolute atomic E-state index is 0.114. The van der Waals surface area contributed by atoms with Crippen LogP contribution in [0.1, 0.15) is 40.4 Å². The Labute approximate surface area is 139 Å². The van der Waals surface area contributed by atoms with Crippen LogP contribution in [0.25, 0.3) is 0 Å². The van der Waals surface area contributed by atoms with Gasteiger partial charge in [0, 0.05) is 29.7 Å². The fraction of sp³-hybridized carbons (Fsp3) is 0.222.